The molecule has 1 aromatic carbocycles. The number of anilines is 1. The Kier molecular flexibility index (Phi) is 2.49. The van der Waals surface area contributed by atoms with Crippen LogP contribution in [0.1, 0.15) is 11.4 Å². The minimum atomic E-state index is -0.129. The van der Waals surface area contributed by atoms with E-state index in [0.29, 0.717) is 12.2 Å². The molecular weight excluding hydrogens is 190 g/mol. The van der Waals surface area contributed by atoms with Gasteiger partial charge in [0.15, 0.2) is 0 Å². The highest BCUT2D eigenvalue weighted by atomic mass is 16.1. The van der Waals surface area contributed by atoms with Crippen molar-refractivity contribution < 1.29 is 0 Å². The zero-order valence-corrected chi connectivity index (χ0v) is 8.10. The monoisotopic (exact) mass is 201 g/mol. The first kappa shape index (κ1) is 9.45. The fourth-order valence-corrected chi connectivity index (χ4v) is 1.33. The van der Waals surface area contributed by atoms with Gasteiger partial charge in [-0.05, 0) is 17.7 Å². The fraction of sp³-hybridized carbons (Fsp3) is 0.0909. The van der Waals surface area contributed by atoms with Gasteiger partial charge in [-0.3, -0.25) is 4.79 Å². The van der Waals surface area contributed by atoms with Crippen LogP contribution in [0.2, 0.25) is 0 Å². The summed E-state index contributed by atoms with van der Waals surface area (Å²) in [5, 5.41) is 0. The third kappa shape index (κ3) is 2.43. The minimum Gasteiger partial charge on any atom is -0.399 e. The number of nitrogens with one attached hydrogen (secondary N) is 1. The molecule has 76 valence electrons. The maximum absolute atomic E-state index is 11.0. The van der Waals surface area contributed by atoms with Gasteiger partial charge in [0.1, 0.15) is 5.82 Å². The van der Waals surface area contributed by atoms with E-state index in [9.17, 15) is 4.79 Å². The van der Waals surface area contributed by atoms with Gasteiger partial charge in [0.2, 0.25) is 0 Å². The van der Waals surface area contributed by atoms with E-state index in [1.54, 1.807) is 0 Å². The van der Waals surface area contributed by atoms with Crippen LogP contribution in [0.4, 0.5) is 5.69 Å². The lowest BCUT2D eigenvalue weighted by Crippen LogP contribution is -2.09. The Balaban J connectivity index is 2.22. The van der Waals surface area contributed by atoms with Gasteiger partial charge in [0, 0.05) is 24.4 Å². The maximum Gasteiger partial charge on any atom is 0.250 e. The average molecular weight is 201 g/mol. The van der Waals surface area contributed by atoms with Crippen molar-refractivity contribution in [3.63, 3.8) is 0 Å². The van der Waals surface area contributed by atoms with E-state index in [0.717, 1.165) is 11.3 Å². The topological polar surface area (TPSA) is 71.8 Å². The smallest absolute Gasteiger partial charge is 0.250 e. The number of hydrogen-bond acceptors (Lipinski definition) is 3. The summed E-state index contributed by atoms with van der Waals surface area (Å²) in [5.74, 6) is 0.660. The Morgan fingerprint density at radius 2 is 1.93 bits per heavy atom. The van der Waals surface area contributed by atoms with E-state index in [-0.39, 0.29) is 5.56 Å². The van der Waals surface area contributed by atoms with Crippen LogP contribution < -0.4 is 11.3 Å². The molecule has 1 aromatic heterocycles. The molecule has 3 N–H and O–H groups in total. The van der Waals surface area contributed by atoms with Gasteiger partial charge in [0.25, 0.3) is 5.56 Å². The molecule has 0 aliphatic carbocycles. The molecule has 2 aromatic rings. The highest BCUT2D eigenvalue weighted by Crippen LogP contribution is 2.07. The lowest BCUT2D eigenvalue weighted by atomic mass is 10.1. The highest BCUT2D eigenvalue weighted by molar-refractivity contribution is 5.39. The second kappa shape index (κ2) is 3.96. The van der Waals surface area contributed by atoms with Gasteiger partial charge >= 0.3 is 0 Å². The van der Waals surface area contributed by atoms with Gasteiger partial charge < -0.3 is 10.7 Å². The summed E-state index contributed by atoms with van der Waals surface area (Å²) in [5.41, 5.74) is 7.24. The van der Waals surface area contributed by atoms with Gasteiger partial charge in [-0.2, -0.15) is 0 Å². The summed E-state index contributed by atoms with van der Waals surface area (Å²) in [6.45, 7) is 0. The quantitative estimate of drug-likeness (QED) is 0.710. The van der Waals surface area contributed by atoms with Crippen molar-refractivity contribution in [1.29, 1.82) is 0 Å². The third-order valence-corrected chi connectivity index (χ3v) is 2.08. The molecule has 0 saturated carbocycles. The number of aromatic amines is 1. The number of benzene rings is 1. The van der Waals surface area contributed by atoms with Crippen LogP contribution in [-0.4, -0.2) is 9.97 Å². The third-order valence-electron chi connectivity index (χ3n) is 2.08. The number of rotatable bonds is 2. The molecular formula is C11H11N3O. The lowest BCUT2D eigenvalue weighted by Gasteiger charge is -2.00. The number of hydrogen-bond donors (Lipinski definition) is 2. The Hall–Kier alpha value is -2.10. The van der Waals surface area contributed by atoms with Crippen LogP contribution in [0, 0.1) is 0 Å². The molecule has 0 aliphatic heterocycles. The van der Waals surface area contributed by atoms with Gasteiger partial charge in [-0.15, -0.1) is 0 Å². The number of aromatic nitrogens is 2. The first-order chi connectivity index (χ1) is 7.24. The van der Waals surface area contributed by atoms with Gasteiger partial charge in [-0.1, -0.05) is 12.1 Å². The second-order valence-electron chi connectivity index (χ2n) is 3.30. The summed E-state index contributed by atoms with van der Waals surface area (Å²) in [4.78, 5) is 17.8. The maximum atomic E-state index is 11.0. The zero-order valence-electron chi connectivity index (χ0n) is 8.10. The van der Waals surface area contributed by atoms with E-state index in [2.05, 4.69) is 9.97 Å². The Labute approximate surface area is 86.8 Å². The first-order valence-corrected chi connectivity index (χ1v) is 4.63. The summed E-state index contributed by atoms with van der Waals surface area (Å²) in [7, 11) is 0. The number of nitrogen functional groups attached to an aromatic ring is 1. The van der Waals surface area contributed by atoms with Crippen molar-refractivity contribution in [1.82, 2.24) is 9.97 Å². The SMILES string of the molecule is Nc1ccc(Cc2nccc(=O)[nH]2)cc1. The summed E-state index contributed by atoms with van der Waals surface area (Å²) in [6, 6.07) is 8.89. The van der Waals surface area contributed by atoms with Crippen molar-refractivity contribution in [3.8, 4) is 0 Å². The van der Waals surface area contributed by atoms with E-state index in [4.69, 9.17) is 5.73 Å². The van der Waals surface area contributed by atoms with Crippen molar-refractivity contribution in [2.75, 3.05) is 5.73 Å². The van der Waals surface area contributed by atoms with Crippen LogP contribution in [0.3, 0.4) is 0 Å². The molecule has 0 fully saturated rings. The molecule has 0 bridgehead atoms. The molecule has 0 radical (unpaired) electrons. The largest absolute Gasteiger partial charge is 0.399 e. The predicted octanol–water partition coefficient (Wildman–Crippen LogP) is 0.943. The van der Waals surface area contributed by atoms with Crippen molar-refractivity contribution in [2.24, 2.45) is 0 Å². The normalized spacial score (nSPS) is 10.1. The number of nitrogens with two attached hydrogens (primary N) is 1. The fourth-order valence-electron chi connectivity index (χ4n) is 1.33. The predicted molar refractivity (Wildman–Crippen MR) is 58.5 cm³/mol. The average Bonchev–Trinajstić information content (AvgIpc) is 2.22. The molecule has 0 aliphatic rings. The summed E-state index contributed by atoms with van der Waals surface area (Å²) < 4.78 is 0. The van der Waals surface area contributed by atoms with E-state index < -0.39 is 0 Å². The van der Waals surface area contributed by atoms with E-state index in [1.807, 2.05) is 24.3 Å². The van der Waals surface area contributed by atoms with Gasteiger partial charge in [-0.25, -0.2) is 4.98 Å². The highest BCUT2D eigenvalue weighted by Gasteiger charge is 1.97. The summed E-state index contributed by atoms with van der Waals surface area (Å²) in [6.07, 6.45) is 2.11. The molecule has 0 atom stereocenters. The van der Waals surface area contributed by atoms with Crippen molar-refractivity contribution in [2.45, 2.75) is 6.42 Å². The van der Waals surface area contributed by atoms with E-state index >= 15 is 0 Å². The van der Waals surface area contributed by atoms with Crippen LogP contribution in [0.25, 0.3) is 0 Å². The standard InChI is InChI=1S/C11H11N3O/c12-9-3-1-8(2-4-9)7-10-13-6-5-11(15)14-10/h1-6H,7,12H2,(H,13,14,15). The molecule has 0 saturated heterocycles. The number of H-pyrrole nitrogens is 1. The van der Waals surface area contributed by atoms with Crippen LogP contribution in [-0.2, 0) is 6.42 Å². The lowest BCUT2D eigenvalue weighted by molar-refractivity contribution is 0.946. The van der Waals surface area contributed by atoms with Crippen molar-refractivity contribution >= 4 is 5.69 Å². The van der Waals surface area contributed by atoms with Gasteiger partial charge in [0.05, 0.1) is 0 Å². The Bertz CT molecular complexity index is 502. The summed E-state index contributed by atoms with van der Waals surface area (Å²) >= 11 is 0. The van der Waals surface area contributed by atoms with Crippen LogP contribution >= 0.6 is 0 Å². The molecule has 1 heterocycles. The molecule has 4 heteroatoms. The Morgan fingerprint density at radius 1 is 1.20 bits per heavy atom. The molecule has 2 rings (SSSR count). The first-order valence-electron chi connectivity index (χ1n) is 4.63. The zero-order chi connectivity index (χ0) is 10.7. The molecule has 0 spiro atoms. The molecule has 0 amide bonds. The number of nitrogens with zero attached hydrogens (tertiary/aromatic N) is 1. The minimum absolute atomic E-state index is 0.129. The van der Waals surface area contributed by atoms with Crippen LogP contribution in [0.5, 0.6) is 0 Å². The van der Waals surface area contributed by atoms with Crippen molar-refractivity contribution in [3.05, 3.63) is 58.3 Å². The molecule has 0 unspecified atom stereocenters. The molecule has 15 heavy (non-hydrogen) atoms. The van der Waals surface area contributed by atoms with Crippen LogP contribution in [0.15, 0.2) is 41.3 Å². The van der Waals surface area contributed by atoms with E-state index in [1.165, 1.54) is 12.3 Å². The Morgan fingerprint density at radius 3 is 2.60 bits per heavy atom. The molecule has 4 nitrogen and oxygen atoms in total. The second-order valence-corrected chi connectivity index (χ2v) is 3.30.